The number of benzene rings is 1. The Balaban J connectivity index is 2.29. The normalized spacial score (nSPS) is 16.9. The Labute approximate surface area is 120 Å². The van der Waals surface area contributed by atoms with Crippen LogP contribution in [0.5, 0.6) is 0 Å². The Hall–Kier alpha value is -1.56. The van der Waals surface area contributed by atoms with Crippen LogP contribution in [0.1, 0.15) is 43.2 Å². The van der Waals surface area contributed by atoms with Gasteiger partial charge in [-0.05, 0) is 31.4 Å². The highest BCUT2D eigenvalue weighted by Gasteiger charge is 2.28. The molecule has 6 heteroatoms. The van der Waals surface area contributed by atoms with Gasteiger partial charge in [0.05, 0.1) is 10.9 Å². The summed E-state index contributed by atoms with van der Waals surface area (Å²) in [6.07, 6.45) is 4.43. The highest BCUT2D eigenvalue weighted by molar-refractivity contribution is 7.93. The number of hydrogen-bond donors (Lipinski definition) is 3. The van der Waals surface area contributed by atoms with Crippen LogP contribution < -0.4 is 10.5 Å². The Bertz CT molecular complexity index is 605. The van der Waals surface area contributed by atoms with E-state index in [0.29, 0.717) is 24.1 Å². The van der Waals surface area contributed by atoms with Gasteiger partial charge in [0.25, 0.3) is 0 Å². The molecule has 110 valence electrons. The maximum absolute atomic E-state index is 12.4. The third-order valence-electron chi connectivity index (χ3n) is 3.79. The molecule has 0 aliphatic heterocycles. The van der Waals surface area contributed by atoms with Crippen LogP contribution in [0.3, 0.4) is 0 Å². The minimum absolute atomic E-state index is 0.121. The van der Waals surface area contributed by atoms with Gasteiger partial charge in [0.15, 0.2) is 0 Å². The van der Waals surface area contributed by atoms with Crippen molar-refractivity contribution in [2.24, 2.45) is 5.73 Å². The number of nitrogens with one attached hydrogen (secondary N) is 2. The fourth-order valence-corrected chi connectivity index (χ4v) is 4.32. The van der Waals surface area contributed by atoms with Gasteiger partial charge < -0.3 is 5.73 Å². The van der Waals surface area contributed by atoms with E-state index >= 15 is 0 Å². The summed E-state index contributed by atoms with van der Waals surface area (Å²) in [6.45, 7) is 1.81. The zero-order valence-corrected chi connectivity index (χ0v) is 12.5. The van der Waals surface area contributed by atoms with E-state index in [1.165, 1.54) is 0 Å². The van der Waals surface area contributed by atoms with E-state index in [0.717, 1.165) is 24.8 Å². The number of amidine groups is 1. The Morgan fingerprint density at radius 3 is 2.55 bits per heavy atom. The van der Waals surface area contributed by atoms with Gasteiger partial charge in [0, 0.05) is 5.56 Å². The van der Waals surface area contributed by atoms with Crippen molar-refractivity contribution in [3.8, 4) is 0 Å². The molecule has 1 aliphatic rings. The van der Waals surface area contributed by atoms with E-state index in [4.69, 9.17) is 11.1 Å². The Morgan fingerprint density at radius 1 is 1.30 bits per heavy atom. The summed E-state index contributed by atoms with van der Waals surface area (Å²) in [7, 11) is -3.41. The predicted molar refractivity (Wildman–Crippen MR) is 81.6 cm³/mol. The second-order valence-corrected chi connectivity index (χ2v) is 7.28. The topological polar surface area (TPSA) is 96.0 Å². The first-order valence-corrected chi connectivity index (χ1v) is 8.42. The summed E-state index contributed by atoms with van der Waals surface area (Å²) >= 11 is 0. The number of sulfonamides is 1. The van der Waals surface area contributed by atoms with Crippen molar-refractivity contribution in [3.05, 3.63) is 29.3 Å². The van der Waals surface area contributed by atoms with E-state index < -0.39 is 10.0 Å². The number of anilines is 1. The second kappa shape index (κ2) is 5.83. The summed E-state index contributed by atoms with van der Waals surface area (Å²) in [5.41, 5.74) is 7.22. The maximum Gasteiger partial charge on any atom is 0.235 e. The molecule has 0 aromatic heterocycles. The number of hydrogen-bond acceptors (Lipinski definition) is 3. The van der Waals surface area contributed by atoms with Crippen LogP contribution in [0, 0.1) is 12.3 Å². The van der Waals surface area contributed by atoms with Crippen LogP contribution in [0.25, 0.3) is 0 Å². The van der Waals surface area contributed by atoms with Crippen molar-refractivity contribution >= 4 is 21.5 Å². The van der Waals surface area contributed by atoms with Gasteiger partial charge in [-0.25, -0.2) is 8.42 Å². The van der Waals surface area contributed by atoms with Crippen molar-refractivity contribution in [1.29, 1.82) is 5.41 Å². The first-order chi connectivity index (χ1) is 9.42. The molecule has 20 heavy (non-hydrogen) atoms. The molecule has 0 atom stereocenters. The van der Waals surface area contributed by atoms with E-state index in [9.17, 15) is 8.42 Å². The highest BCUT2D eigenvalue weighted by atomic mass is 32.2. The molecule has 1 aromatic carbocycles. The maximum atomic E-state index is 12.4. The number of nitrogens with two attached hydrogens (primary N) is 1. The summed E-state index contributed by atoms with van der Waals surface area (Å²) in [5, 5.41) is 7.28. The molecule has 1 fully saturated rings. The van der Waals surface area contributed by atoms with Gasteiger partial charge >= 0.3 is 0 Å². The largest absolute Gasteiger partial charge is 0.384 e. The summed E-state index contributed by atoms with van der Waals surface area (Å²) in [4.78, 5) is 0. The molecule has 1 saturated carbocycles. The van der Waals surface area contributed by atoms with Gasteiger partial charge in [-0.3, -0.25) is 10.1 Å². The van der Waals surface area contributed by atoms with E-state index in [1.807, 2.05) is 13.0 Å². The van der Waals surface area contributed by atoms with Crippen LogP contribution >= 0.6 is 0 Å². The SMILES string of the molecule is Cc1cccc(NS(=O)(=O)C2CCCCC2)c1C(=N)N. The zero-order valence-electron chi connectivity index (χ0n) is 11.6. The minimum Gasteiger partial charge on any atom is -0.384 e. The lowest BCUT2D eigenvalue weighted by atomic mass is 10.0. The zero-order chi connectivity index (χ0) is 14.8. The molecule has 0 heterocycles. The molecular formula is C14H21N3O2S. The molecule has 4 N–H and O–H groups in total. The van der Waals surface area contributed by atoms with E-state index in [-0.39, 0.29) is 11.1 Å². The molecule has 0 spiro atoms. The lowest BCUT2D eigenvalue weighted by Crippen LogP contribution is -2.30. The fraction of sp³-hybridized carbons (Fsp3) is 0.500. The predicted octanol–water partition coefficient (Wildman–Crippen LogP) is 2.35. The van der Waals surface area contributed by atoms with Gasteiger partial charge in [-0.2, -0.15) is 0 Å². The Kier molecular flexibility index (Phi) is 4.32. The van der Waals surface area contributed by atoms with Crippen LogP contribution in [-0.4, -0.2) is 19.5 Å². The summed E-state index contributed by atoms with van der Waals surface area (Å²) in [5.74, 6) is -0.121. The lowest BCUT2D eigenvalue weighted by Gasteiger charge is -2.23. The van der Waals surface area contributed by atoms with E-state index in [2.05, 4.69) is 4.72 Å². The molecular weight excluding hydrogens is 274 g/mol. The minimum atomic E-state index is -3.41. The first kappa shape index (κ1) is 14.8. The van der Waals surface area contributed by atoms with Gasteiger partial charge in [-0.1, -0.05) is 31.4 Å². The Morgan fingerprint density at radius 2 is 1.95 bits per heavy atom. The molecule has 0 saturated heterocycles. The molecule has 2 rings (SSSR count). The molecule has 1 aromatic rings. The smallest absolute Gasteiger partial charge is 0.235 e. The second-order valence-electron chi connectivity index (χ2n) is 5.32. The van der Waals surface area contributed by atoms with Crippen LogP contribution in [-0.2, 0) is 10.0 Å². The highest BCUT2D eigenvalue weighted by Crippen LogP contribution is 2.27. The number of nitrogen functional groups attached to an aromatic ring is 1. The molecule has 5 nitrogen and oxygen atoms in total. The van der Waals surface area contributed by atoms with Crippen molar-refractivity contribution in [3.63, 3.8) is 0 Å². The number of aryl methyl sites for hydroxylation is 1. The third-order valence-corrected chi connectivity index (χ3v) is 5.64. The number of rotatable bonds is 4. The monoisotopic (exact) mass is 295 g/mol. The van der Waals surface area contributed by atoms with Crippen LogP contribution in [0.4, 0.5) is 5.69 Å². The van der Waals surface area contributed by atoms with Crippen molar-refractivity contribution in [2.45, 2.75) is 44.3 Å². The van der Waals surface area contributed by atoms with Gasteiger partial charge in [0.1, 0.15) is 5.84 Å². The van der Waals surface area contributed by atoms with Gasteiger partial charge in [0.2, 0.25) is 10.0 Å². The van der Waals surface area contributed by atoms with Crippen molar-refractivity contribution < 1.29 is 8.42 Å². The van der Waals surface area contributed by atoms with Crippen LogP contribution in [0.15, 0.2) is 18.2 Å². The third kappa shape index (κ3) is 3.12. The van der Waals surface area contributed by atoms with E-state index in [1.54, 1.807) is 12.1 Å². The van der Waals surface area contributed by atoms with Gasteiger partial charge in [-0.15, -0.1) is 0 Å². The molecule has 0 bridgehead atoms. The quantitative estimate of drug-likeness (QED) is 0.587. The molecule has 0 radical (unpaired) electrons. The molecule has 0 unspecified atom stereocenters. The molecule has 0 amide bonds. The van der Waals surface area contributed by atoms with Crippen LogP contribution in [0.2, 0.25) is 0 Å². The van der Waals surface area contributed by atoms with Crippen molar-refractivity contribution in [2.75, 3.05) is 4.72 Å². The lowest BCUT2D eigenvalue weighted by molar-refractivity contribution is 0.486. The standard InChI is InChI=1S/C14H21N3O2S/c1-10-6-5-9-12(13(10)14(15)16)17-20(18,19)11-7-3-2-4-8-11/h5-6,9,11,17H,2-4,7-8H2,1H3,(H3,15,16). The average Bonchev–Trinajstić information content (AvgIpc) is 2.39. The summed E-state index contributed by atoms with van der Waals surface area (Å²) in [6, 6.07) is 5.24. The molecule has 1 aliphatic carbocycles. The fourth-order valence-electron chi connectivity index (χ4n) is 2.72. The summed E-state index contributed by atoms with van der Waals surface area (Å²) < 4.78 is 27.5. The van der Waals surface area contributed by atoms with Crippen molar-refractivity contribution in [1.82, 2.24) is 0 Å². The average molecular weight is 295 g/mol. The first-order valence-electron chi connectivity index (χ1n) is 6.87.